The second-order valence-electron chi connectivity index (χ2n) is 6.76. The Hall–Kier alpha value is -2.15. The van der Waals surface area contributed by atoms with Gasteiger partial charge >= 0.3 is 5.69 Å². The van der Waals surface area contributed by atoms with E-state index in [4.69, 9.17) is 0 Å². The summed E-state index contributed by atoms with van der Waals surface area (Å²) in [6.45, 7) is 3.36. The van der Waals surface area contributed by atoms with Crippen molar-refractivity contribution < 1.29 is 4.79 Å². The van der Waals surface area contributed by atoms with Crippen molar-refractivity contribution in [2.45, 2.75) is 38.1 Å². The number of H-pyrrole nitrogens is 1. The molecule has 7 nitrogen and oxygen atoms in total. The summed E-state index contributed by atoms with van der Waals surface area (Å²) in [6, 6.07) is 4.16. The van der Waals surface area contributed by atoms with Crippen molar-refractivity contribution in [2.24, 2.45) is 0 Å². The zero-order chi connectivity index (χ0) is 16.5. The van der Waals surface area contributed by atoms with Gasteiger partial charge in [-0.15, -0.1) is 0 Å². The molecule has 1 aliphatic heterocycles. The van der Waals surface area contributed by atoms with Gasteiger partial charge in [0.15, 0.2) is 5.65 Å². The van der Waals surface area contributed by atoms with Gasteiger partial charge in [0, 0.05) is 38.4 Å². The van der Waals surface area contributed by atoms with E-state index in [0.717, 1.165) is 26.2 Å². The fourth-order valence-corrected chi connectivity index (χ4v) is 4.01. The maximum atomic E-state index is 12.8. The zero-order valence-electron chi connectivity index (χ0n) is 13.8. The molecule has 2 aromatic rings. The third kappa shape index (κ3) is 2.73. The van der Waals surface area contributed by atoms with E-state index in [1.54, 1.807) is 18.3 Å². The van der Waals surface area contributed by atoms with Gasteiger partial charge in [-0.3, -0.25) is 9.69 Å². The number of carbonyl (C=O) groups excluding carboxylic acids is 1. The first-order valence-corrected chi connectivity index (χ1v) is 8.83. The first-order valence-electron chi connectivity index (χ1n) is 8.83. The summed E-state index contributed by atoms with van der Waals surface area (Å²) in [5, 5.41) is 6.39. The van der Waals surface area contributed by atoms with E-state index in [0.29, 0.717) is 17.3 Å². The number of nitrogens with one attached hydrogen (secondary N) is 1. The fraction of sp³-hybridized carbons (Fsp3) is 0.588. The number of pyridine rings is 1. The van der Waals surface area contributed by atoms with E-state index >= 15 is 0 Å². The molecule has 2 aliphatic rings. The highest BCUT2D eigenvalue weighted by molar-refractivity contribution is 5.99. The van der Waals surface area contributed by atoms with E-state index in [2.05, 4.69) is 15.1 Å². The van der Waals surface area contributed by atoms with Crippen molar-refractivity contribution in [1.82, 2.24) is 24.4 Å². The van der Waals surface area contributed by atoms with Crippen LogP contribution in [0.1, 0.15) is 42.5 Å². The number of amides is 1. The number of rotatable bonds is 2. The predicted octanol–water partition coefficient (Wildman–Crippen LogP) is 1.11. The second kappa shape index (κ2) is 6.39. The molecule has 1 saturated carbocycles. The molecule has 1 N–H and O–H groups in total. The number of fused-ring (bicyclic) bond motifs is 1. The first kappa shape index (κ1) is 15.4. The smallest absolute Gasteiger partial charge is 0.336 e. The Morgan fingerprint density at radius 1 is 1.12 bits per heavy atom. The van der Waals surface area contributed by atoms with Gasteiger partial charge in [0.2, 0.25) is 0 Å². The molecular formula is C17H23N5O2. The van der Waals surface area contributed by atoms with Crippen LogP contribution >= 0.6 is 0 Å². The Kier molecular flexibility index (Phi) is 4.10. The molecule has 2 aromatic heterocycles. The topological polar surface area (TPSA) is 73.7 Å². The van der Waals surface area contributed by atoms with Crippen LogP contribution in [-0.2, 0) is 0 Å². The maximum absolute atomic E-state index is 12.8. The Morgan fingerprint density at radius 3 is 2.62 bits per heavy atom. The Labute approximate surface area is 140 Å². The summed E-state index contributed by atoms with van der Waals surface area (Å²) in [4.78, 5) is 28.9. The minimum atomic E-state index is -0.318. The van der Waals surface area contributed by atoms with Crippen LogP contribution in [0.2, 0.25) is 0 Å². The molecule has 0 aromatic carbocycles. The molecule has 4 rings (SSSR count). The lowest BCUT2D eigenvalue weighted by Gasteiger charge is -2.40. The number of nitrogens with zero attached hydrogens (tertiary/aromatic N) is 4. The minimum Gasteiger partial charge on any atom is -0.336 e. The zero-order valence-corrected chi connectivity index (χ0v) is 13.8. The molecule has 0 spiro atoms. The molecule has 1 amide bonds. The van der Waals surface area contributed by atoms with Gasteiger partial charge in [0.1, 0.15) is 0 Å². The molecule has 24 heavy (non-hydrogen) atoms. The van der Waals surface area contributed by atoms with Crippen molar-refractivity contribution in [3.05, 3.63) is 34.4 Å². The average Bonchev–Trinajstić information content (AvgIpc) is 3.03. The third-order valence-corrected chi connectivity index (χ3v) is 5.37. The summed E-state index contributed by atoms with van der Waals surface area (Å²) < 4.78 is 1.38. The van der Waals surface area contributed by atoms with E-state index in [9.17, 15) is 9.59 Å². The summed E-state index contributed by atoms with van der Waals surface area (Å²) in [7, 11) is 0. The van der Waals surface area contributed by atoms with E-state index < -0.39 is 0 Å². The maximum Gasteiger partial charge on any atom is 0.347 e. The van der Waals surface area contributed by atoms with Gasteiger partial charge in [-0.2, -0.15) is 5.10 Å². The lowest BCUT2D eigenvalue weighted by atomic mass is 9.94. The molecule has 2 fully saturated rings. The van der Waals surface area contributed by atoms with Crippen LogP contribution in [0.3, 0.4) is 0 Å². The Morgan fingerprint density at radius 2 is 1.88 bits per heavy atom. The lowest BCUT2D eigenvalue weighted by molar-refractivity contribution is 0.0524. The van der Waals surface area contributed by atoms with Crippen molar-refractivity contribution in [2.75, 3.05) is 26.2 Å². The minimum absolute atomic E-state index is 0.0390. The second-order valence-corrected chi connectivity index (χ2v) is 6.76. The molecule has 0 unspecified atom stereocenters. The average molecular weight is 329 g/mol. The highest BCUT2D eigenvalue weighted by atomic mass is 16.2. The van der Waals surface area contributed by atoms with Crippen LogP contribution in [0.4, 0.5) is 0 Å². The van der Waals surface area contributed by atoms with Crippen molar-refractivity contribution >= 4 is 11.6 Å². The molecule has 7 heteroatoms. The third-order valence-electron chi connectivity index (χ3n) is 5.37. The summed E-state index contributed by atoms with van der Waals surface area (Å²) in [5.41, 5.74) is 0.575. The van der Waals surface area contributed by atoms with Crippen LogP contribution < -0.4 is 5.69 Å². The molecule has 1 aliphatic carbocycles. The highest BCUT2D eigenvalue weighted by Crippen LogP contribution is 2.24. The first-order chi connectivity index (χ1) is 11.7. The molecular weight excluding hydrogens is 306 g/mol. The summed E-state index contributed by atoms with van der Waals surface area (Å²) >= 11 is 0. The molecule has 3 heterocycles. The van der Waals surface area contributed by atoms with E-state index in [1.807, 2.05) is 4.90 Å². The standard InChI is InChI=1S/C17H23N5O2/c23-16(14-7-4-8-22-15(14)18-19-17(22)24)21-11-9-20(10-12-21)13-5-2-1-3-6-13/h4,7-8,13H,1-3,5-6,9-12H2,(H,19,24). The Bertz CT molecular complexity index is 782. The van der Waals surface area contributed by atoms with E-state index in [1.165, 1.54) is 36.5 Å². The van der Waals surface area contributed by atoms with Crippen LogP contribution in [0.5, 0.6) is 0 Å². The predicted molar refractivity (Wildman–Crippen MR) is 90.2 cm³/mol. The fourth-order valence-electron chi connectivity index (χ4n) is 4.01. The van der Waals surface area contributed by atoms with Crippen LogP contribution in [-0.4, -0.2) is 62.5 Å². The van der Waals surface area contributed by atoms with Gasteiger partial charge in [0.25, 0.3) is 5.91 Å². The van der Waals surface area contributed by atoms with Gasteiger partial charge < -0.3 is 4.90 Å². The highest BCUT2D eigenvalue weighted by Gasteiger charge is 2.28. The molecule has 128 valence electrons. The normalized spacial score (nSPS) is 20.6. The van der Waals surface area contributed by atoms with Gasteiger partial charge in [-0.05, 0) is 25.0 Å². The van der Waals surface area contributed by atoms with Crippen molar-refractivity contribution in [3.8, 4) is 0 Å². The number of aromatic nitrogens is 3. The summed E-state index contributed by atoms with van der Waals surface area (Å²) in [6.07, 6.45) is 8.24. The molecule has 0 atom stereocenters. The number of aromatic amines is 1. The van der Waals surface area contributed by atoms with Gasteiger partial charge in [-0.25, -0.2) is 14.3 Å². The Balaban J connectivity index is 1.47. The van der Waals surface area contributed by atoms with Gasteiger partial charge in [-0.1, -0.05) is 19.3 Å². The largest absolute Gasteiger partial charge is 0.347 e. The number of hydrogen-bond acceptors (Lipinski definition) is 4. The summed E-state index contributed by atoms with van der Waals surface area (Å²) in [5.74, 6) is -0.0390. The number of piperazine rings is 1. The monoisotopic (exact) mass is 329 g/mol. The van der Waals surface area contributed by atoms with Crippen LogP contribution in [0.15, 0.2) is 23.1 Å². The van der Waals surface area contributed by atoms with E-state index in [-0.39, 0.29) is 11.6 Å². The van der Waals surface area contributed by atoms with Crippen molar-refractivity contribution in [3.63, 3.8) is 0 Å². The molecule has 0 bridgehead atoms. The lowest BCUT2D eigenvalue weighted by Crippen LogP contribution is -2.52. The SMILES string of the molecule is O=C(c1cccn2c(=O)[nH]nc12)N1CCN(C2CCCCC2)CC1. The molecule has 1 saturated heterocycles. The number of carbonyl (C=O) groups is 1. The van der Waals surface area contributed by atoms with Crippen LogP contribution in [0, 0.1) is 0 Å². The quantitative estimate of drug-likeness (QED) is 0.896. The van der Waals surface area contributed by atoms with Crippen LogP contribution in [0.25, 0.3) is 5.65 Å². The van der Waals surface area contributed by atoms with Gasteiger partial charge in [0.05, 0.1) is 5.56 Å². The number of hydrogen-bond donors (Lipinski definition) is 1. The molecule has 0 radical (unpaired) electrons. The van der Waals surface area contributed by atoms with Crippen molar-refractivity contribution in [1.29, 1.82) is 0 Å².